The summed E-state index contributed by atoms with van der Waals surface area (Å²) in [6, 6.07) is 0.657. The Hall–Kier alpha value is -0.693. The minimum atomic E-state index is -2.55. The van der Waals surface area contributed by atoms with Gasteiger partial charge < -0.3 is 18.6 Å². The molecule has 0 bridgehead atoms. The van der Waals surface area contributed by atoms with Crippen molar-refractivity contribution in [2.24, 2.45) is 0 Å². The number of carbonyl (C=O) groups excluding carboxylic acids is 1. The van der Waals surface area contributed by atoms with Gasteiger partial charge in [0.2, 0.25) is 5.91 Å². The molecule has 6 heteroatoms. The van der Waals surface area contributed by atoms with Gasteiger partial charge >= 0.3 is 8.80 Å². The molecular formula is C8H17NO4Si. The average molecular weight is 219 g/mol. The molecule has 0 aliphatic carbocycles. The topological polar surface area (TPSA) is 56.8 Å². The highest BCUT2D eigenvalue weighted by atomic mass is 28.4. The molecule has 0 aromatic heterocycles. The SMILES string of the molecule is C=CC(=O)NCO[Si](CC)(OC)OC. The third kappa shape index (κ3) is 4.01. The summed E-state index contributed by atoms with van der Waals surface area (Å²) >= 11 is 0. The van der Waals surface area contributed by atoms with Crippen molar-refractivity contribution in [3.8, 4) is 0 Å². The van der Waals surface area contributed by atoms with Gasteiger partial charge in [-0.2, -0.15) is 0 Å². The Bertz CT molecular complexity index is 186. The van der Waals surface area contributed by atoms with Crippen molar-refractivity contribution in [3.05, 3.63) is 12.7 Å². The molecule has 0 aliphatic rings. The molecule has 14 heavy (non-hydrogen) atoms. The van der Waals surface area contributed by atoms with Gasteiger partial charge in [-0.15, -0.1) is 0 Å². The van der Waals surface area contributed by atoms with Crippen LogP contribution >= 0.6 is 0 Å². The fourth-order valence-electron chi connectivity index (χ4n) is 0.881. The maximum Gasteiger partial charge on any atom is 0.501 e. The van der Waals surface area contributed by atoms with Crippen LogP contribution in [0.3, 0.4) is 0 Å². The van der Waals surface area contributed by atoms with Crippen molar-refractivity contribution in [2.75, 3.05) is 21.0 Å². The number of hydrogen-bond acceptors (Lipinski definition) is 4. The standard InChI is InChI=1S/C8H17NO4Si/c1-5-8(10)9-7-13-14(6-2,11-3)12-4/h5H,1,6-7H2,2-4H3,(H,9,10). The highest BCUT2D eigenvalue weighted by Gasteiger charge is 2.36. The highest BCUT2D eigenvalue weighted by Crippen LogP contribution is 2.11. The van der Waals surface area contributed by atoms with Gasteiger partial charge in [-0.1, -0.05) is 13.5 Å². The van der Waals surface area contributed by atoms with Crippen LogP contribution in [0.15, 0.2) is 12.7 Å². The van der Waals surface area contributed by atoms with Crippen molar-refractivity contribution in [1.82, 2.24) is 5.32 Å². The summed E-state index contributed by atoms with van der Waals surface area (Å²) in [6.45, 7) is 5.30. The molecular weight excluding hydrogens is 202 g/mol. The molecule has 82 valence electrons. The number of rotatable bonds is 7. The first-order valence-electron chi connectivity index (χ1n) is 4.28. The van der Waals surface area contributed by atoms with E-state index in [1.165, 1.54) is 20.3 Å². The van der Waals surface area contributed by atoms with E-state index in [0.717, 1.165) is 0 Å². The van der Waals surface area contributed by atoms with Crippen molar-refractivity contribution in [2.45, 2.75) is 13.0 Å². The molecule has 5 nitrogen and oxygen atoms in total. The Morgan fingerprint density at radius 1 is 1.50 bits per heavy atom. The number of carbonyl (C=O) groups is 1. The monoisotopic (exact) mass is 219 g/mol. The highest BCUT2D eigenvalue weighted by molar-refractivity contribution is 6.60. The predicted molar refractivity (Wildman–Crippen MR) is 54.5 cm³/mol. The number of amides is 1. The van der Waals surface area contributed by atoms with E-state index in [9.17, 15) is 4.79 Å². The lowest BCUT2D eigenvalue weighted by Gasteiger charge is -2.24. The van der Waals surface area contributed by atoms with E-state index in [0.29, 0.717) is 6.04 Å². The molecule has 0 heterocycles. The molecule has 0 spiro atoms. The van der Waals surface area contributed by atoms with Crippen LogP contribution < -0.4 is 5.32 Å². The van der Waals surface area contributed by atoms with Crippen LogP contribution in [-0.2, 0) is 18.1 Å². The zero-order chi connectivity index (χ0) is 11.0. The van der Waals surface area contributed by atoms with Gasteiger partial charge in [0.25, 0.3) is 0 Å². The van der Waals surface area contributed by atoms with E-state index >= 15 is 0 Å². The zero-order valence-electron chi connectivity index (χ0n) is 8.83. The first kappa shape index (κ1) is 13.3. The second-order valence-electron chi connectivity index (χ2n) is 2.48. The van der Waals surface area contributed by atoms with Crippen LogP contribution in [0.4, 0.5) is 0 Å². The third-order valence-corrected chi connectivity index (χ3v) is 4.47. The smallest absolute Gasteiger partial charge is 0.377 e. The summed E-state index contributed by atoms with van der Waals surface area (Å²) in [4.78, 5) is 10.8. The summed E-state index contributed by atoms with van der Waals surface area (Å²) in [5.41, 5.74) is 0. The van der Waals surface area contributed by atoms with Crippen molar-refractivity contribution in [3.63, 3.8) is 0 Å². The molecule has 0 fully saturated rings. The van der Waals surface area contributed by atoms with Crippen LogP contribution in [0, 0.1) is 0 Å². The van der Waals surface area contributed by atoms with E-state index in [1.54, 1.807) is 0 Å². The van der Waals surface area contributed by atoms with Gasteiger partial charge in [-0.05, 0) is 6.08 Å². The normalized spacial score (nSPS) is 11.1. The lowest BCUT2D eigenvalue weighted by atomic mass is 10.6. The Balaban J connectivity index is 3.94. The first-order valence-corrected chi connectivity index (χ1v) is 6.21. The molecule has 0 aromatic rings. The van der Waals surface area contributed by atoms with E-state index in [4.69, 9.17) is 13.3 Å². The van der Waals surface area contributed by atoms with Crippen LogP contribution in [0.25, 0.3) is 0 Å². The van der Waals surface area contributed by atoms with E-state index < -0.39 is 8.80 Å². The van der Waals surface area contributed by atoms with Crippen LogP contribution in [0.1, 0.15) is 6.92 Å². The average Bonchev–Trinajstić information content (AvgIpc) is 2.25. The van der Waals surface area contributed by atoms with Gasteiger partial charge in [0.15, 0.2) is 0 Å². The summed E-state index contributed by atoms with van der Waals surface area (Å²) in [5, 5.41) is 2.49. The van der Waals surface area contributed by atoms with Gasteiger partial charge in [-0.25, -0.2) is 0 Å². The Labute approximate surface area is 85.4 Å². The number of nitrogens with one attached hydrogen (secondary N) is 1. The Morgan fingerprint density at radius 2 is 2.07 bits per heavy atom. The Morgan fingerprint density at radius 3 is 2.43 bits per heavy atom. The molecule has 0 rings (SSSR count). The molecule has 0 unspecified atom stereocenters. The summed E-state index contributed by atoms with van der Waals surface area (Å²) in [5.74, 6) is -0.281. The fourth-order valence-corrected chi connectivity index (χ4v) is 2.36. The van der Waals surface area contributed by atoms with Gasteiger partial charge in [0.05, 0.1) is 0 Å². The van der Waals surface area contributed by atoms with Crippen LogP contribution in [-0.4, -0.2) is 35.7 Å². The summed E-state index contributed by atoms with van der Waals surface area (Å²) in [6.07, 6.45) is 1.18. The molecule has 0 radical (unpaired) electrons. The van der Waals surface area contributed by atoms with E-state index in [2.05, 4.69) is 11.9 Å². The van der Waals surface area contributed by atoms with Gasteiger partial charge in [0, 0.05) is 20.3 Å². The van der Waals surface area contributed by atoms with Crippen molar-refractivity contribution < 1.29 is 18.1 Å². The quantitative estimate of drug-likeness (QED) is 0.385. The van der Waals surface area contributed by atoms with Crippen LogP contribution in [0.5, 0.6) is 0 Å². The molecule has 1 N–H and O–H groups in total. The zero-order valence-corrected chi connectivity index (χ0v) is 9.83. The number of hydrogen-bond donors (Lipinski definition) is 1. The van der Waals surface area contributed by atoms with Crippen molar-refractivity contribution >= 4 is 14.7 Å². The van der Waals surface area contributed by atoms with Gasteiger partial charge in [-0.3, -0.25) is 4.79 Å². The summed E-state index contributed by atoms with van der Waals surface area (Å²) < 4.78 is 15.7. The molecule has 0 saturated carbocycles. The second-order valence-corrected chi connectivity index (χ2v) is 5.66. The molecule has 1 amide bonds. The molecule has 0 aliphatic heterocycles. The van der Waals surface area contributed by atoms with Crippen LogP contribution in [0.2, 0.25) is 6.04 Å². The lowest BCUT2D eigenvalue weighted by molar-refractivity contribution is -0.117. The van der Waals surface area contributed by atoms with E-state index in [-0.39, 0.29) is 12.6 Å². The lowest BCUT2D eigenvalue weighted by Crippen LogP contribution is -2.45. The molecule has 0 aromatic carbocycles. The van der Waals surface area contributed by atoms with Crippen molar-refractivity contribution in [1.29, 1.82) is 0 Å². The molecule has 0 saturated heterocycles. The van der Waals surface area contributed by atoms with Gasteiger partial charge in [0.1, 0.15) is 6.73 Å². The maximum atomic E-state index is 10.8. The minimum Gasteiger partial charge on any atom is -0.377 e. The Kier molecular flexibility index (Phi) is 6.38. The first-order chi connectivity index (χ1) is 6.64. The maximum absolute atomic E-state index is 10.8. The second kappa shape index (κ2) is 6.72. The third-order valence-electron chi connectivity index (χ3n) is 1.78. The largest absolute Gasteiger partial charge is 0.501 e. The minimum absolute atomic E-state index is 0.0760. The molecule has 0 atom stereocenters. The fraction of sp³-hybridized carbons (Fsp3) is 0.625. The predicted octanol–water partition coefficient (Wildman–Crippen LogP) is 0.514. The summed E-state index contributed by atoms with van der Waals surface area (Å²) in [7, 11) is 0.526. The van der Waals surface area contributed by atoms with E-state index in [1.807, 2.05) is 6.92 Å².